The number of hydrogen-bond donors (Lipinski definition) is 1. The Balaban J connectivity index is 2.27. The quantitative estimate of drug-likeness (QED) is 0.703. The van der Waals surface area contributed by atoms with Crippen LogP contribution in [0.25, 0.3) is 0 Å². The molecule has 1 N–H and O–H groups in total. The van der Waals surface area contributed by atoms with Gasteiger partial charge >= 0.3 is 0 Å². The molecule has 80 valence electrons. The molecule has 1 rings (SSSR count). The fourth-order valence-corrected chi connectivity index (χ4v) is 2.01. The molecule has 0 unspecified atom stereocenters. The number of ether oxygens (including phenoxy) is 1. The molecule has 14 heavy (non-hydrogen) atoms. The first-order chi connectivity index (χ1) is 6.86. The maximum absolute atomic E-state index is 5.00. The zero-order chi connectivity index (χ0) is 10.2. The molecular formula is C10H18N2OS. The monoisotopic (exact) mass is 214 g/mol. The summed E-state index contributed by atoms with van der Waals surface area (Å²) in [4.78, 5) is 4.52. The molecule has 0 amide bonds. The van der Waals surface area contributed by atoms with Gasteiger partial charge in [0.25, 0.3) is 0 Å². The van der Waals surface area contributed by atoms with E-state index in [-0.39, 0.29) is 0 Å². The predicted molar refractivity (Wildman–Crippen MR) is 59.7 cm³/mol. The predicted octanol–water partition coefficient (Wildman–Crippen LogP) is 1.83. The topological polar surface area (TPSA) is 34.1 Å². The average Bonchev–Trinajstić information content (AvgIpc) is 2.63. The van der Waals surface area contributed by atoms with Gasteiger partial charge in [0.15, 0.2) is 0 Å². The van der Waals surface area contributed by atoms with Crippen LogP contribution in [-0.2, 0) is 17.7 Å². The van der Waals surface area contributed by atoms with E-state index in [1.807, 2.05) is 0 Å². The van der Waals surface area contributed by atoms with Crippen LogP contribution in [0.5, 0.6) is 0 Å². The summed E-state index contributed by atoms with van der Waals surface area (Å²) in [5, 5.41) is 6.61. The van der Waals surface area contributed by atoms with E-state index in [0.29, 0.717) is 0 Å². The van der Waals surface area contributed by atoms with Crippen molar-refractivity contribution in [3.8, 4) is 0 Å². The van der Waals surface area contributed by atoms with Crippen LogP contribution in [0.2, 0.25) is 0 Å². The van der Waals surface area contributed by atoms with Gasteiger partial charge in [0.2, 0.25) is 0 Å². The summed E-state index contributed by atoms with van der Waals surface area (Å²) in [5.41, 5.74) is 1.16. The van der Waals surface area contributed by atoms with Gasteiger partial charge < -0.3 is 10.1 Å². The minimum atomic E-state index is 0.822. The van der Waals surface area contributed by atoms with Gasteiger partial charge in [0.1, 0.15) is 0 Å². The highest BCUT2D eigenvalue weighted by atomic mass is 32.1. The number of methoxy groups -OCH3 is 1. The van der Waals surface area contributed by atoms with Crippen LogP contribution in [0, 0.1) is 0 Å². The molecule has 0 atom stereocenters. The minimum absolute atomic E-state index is 0.822. The lowest BCUT2D eigenvalue weighted by atomic mass is 10.3. The zero-order valence-corrected chi connectivity index (χ0v) is 9.69. The lowest BCUT2D eigenvalue weighted by molar-refractivity contribution is 0.195. The van der Waals surface area contributed by atoms with Crippen LogP contribution in [0.1, 0.15) is 24.0 Å². The summed E-state index contributed by atoms with van der Waals surface area (Å²) in [6.45, 7) is 4.81. The maximum atomic E-state index is 5.00. The molecule has 0 saturated heterocycles. The van der Waals surface area contributed by atoms with E-state index in [1.165, 1.54) is 5.01 Å². The van der Waals surface area contributed by atoms with Crippen molar-refractivity contribution in [3.05, 3.63) is 16.1 Å². The van der Waals surface area contributed by atoms with E-state index in [4.69, 9.17) is 4.74 Å². The molecule has 0 spiro atoms. The van der Waals surface area contributed by atoms with Crippen molar-refractivity contribution in [2.24, 2.45) is 0 Å². The second-order valence-corrected chi connectivity index (χ2v) is 4.05. The highest BCUT2D eigenvalue weighted by Gasteiger charge is 2.00. The van der Waals surface area contributed by atoms with Gasteiger partial charge in [-0.15, -0.1) is 11.3 Å². The molecule has 0 aliphatic rings. The van der Waals surface area contributed by atoms with Gasteiger partial charge in [-0.2, -0.15) is 0 Å². The molecule has 1 aromatic rings. The van der Waals surface area contributed by atoms with Gasteiger partial charge in [-0.05, 0) is 13.0 Å². The number of rotatable bonds is 7. The molecule has 0 aromatic carbocycles. The molecule has 0 saturated carbocycles. The number of aromatic nitrogens is 1. The minimum Gasteiger partial charge on any atom is -0.385 e. The standard InChI is InChI=1S/C10H18N2OS/c1-3-11-7-9-8-14-10(12-9)5-4-6-13-2/h8,11H,3-7H2,1-2H3. The molecule has 0 bridgehead atoms. The van der Waals surface area contributed by atoms with Crippen LogP contribution in [0.4, 0.5) is 0 Å². The Morgan fingerprint density at radius 1 is 1.57 bits per heavy atom. The summed E-state index contributed by atoms with van der Waals surface area (Å²) in [7, 11) is 1.73. The Kier molecular flexibility index (Phi) is 5.75. The Hall–Kier alpha value is -0.450. The van der Waals surface area contributed by atoms with Crippen LogP contribution < -0.4 is 5.32 Å². The third-order valence-electron chi connectivity index (χ3n) is 1.89. The molecule has 0 fully saturated rings. The third kappa shape index (κ3) is 4.17. The molecule has 1 heterocycles. The first-order valence-corrected chi connectivity index (χ1v) is 5.87. The zero-order valence-electron chi connectivity index (χ0n) is 8.88. The van der Waals surface area contributed by atoms with Crippen molar-refractivity contribution in [1.82, 2.24) is 10.3 Å². The Bertz CT molecular complexity index is 250. The van der Waals surface area contributed by atoms with Gasteiger partial charge in [0, 0.05) is 32.1 Å². The van der Waals surface area contributed by atoms with Crippen LogP contribution in [-0.4, -0.2) is 25.2 Å². The molecule has 0 aliphatic heterocycles. The first-order valence-electron chi connectivity index (χ1n) is 4.99. The number of hydrogen-bond acceptors (Lipinski definition) is 4. The largest absolute Gasteiger partial charge is 0.385 e. The molecule has 0 aliphatic carbocycles. The Labute approximate surface area is 89.5 Å². The fourth-order valence-electron chi connectivity index (χ4n) is 1.17. The lowest BCUT2D eigenvalue weighted by Gasteiger charge is -1.96. The third-order valence-corrected chi connectivity index (χ3v) is 2.85. The first kappa shape index (κ1) is 11.6. The van der Waals surface area contributed by atoms with E-state index < -0.39 is 0 Å². The summed E-state index contributed by atoms with van der Waals surface area (Å²) in [5.74, 6) is 0. The van der Waals surface area contributed by atoms with E-state index in [2.05, 4.69) is 22.6 Å². The van der Waals surface area contributed by atoms with Crippen molar-refractivity contribution < 1.29 is 4.74 Å². The summed E-state index contributed by atoms with van der Waals surface area (Å²) < 4.78 is 5.00. The van der Waals surface area contributed by atoms with Crippen molar-refractivity contribution in [2.75, 3.05) is 20.3 Å². The number of aryl methyl sites for hydroxylation is 1. The van der Waals surface area contributed by atoms with E-state index in [0.717, 1.165) is 38.2 Å². The van der Waals surface area contributed by atoms with Crippen molar-refractivity contribution >= 4 is 11.3 Å². The molecule has 4 heteroatoms. The van der Waals surface area contributed by atoms with Crippen molar-refractivity contribution in [2.45, 2.75) is 26.3 Å². The summed E-state index contributed by atoms with van der Waals surface area (Å²) in [6.07, 6.45) is 2.09. The van der Waals surface area contributed by atoms with Gasteiger partial charge in [0.05, 0.1) is 10.7 Å². The normalized spacial score (nSPS) is 10.7. The van der Waals surface area contributed by atoms with Gasteiger partial charge in [-0.3, -0.25) is 0 Å². The second kappa shape index (κ2) is 6.92. The van der Waals surface area contributed by atoms with E-state index in [1.54, 1.807) is 18.4 Å². The molecular weight excluding hydrogens is 196 g/mol. The van der Waals surface area contributed by atoms with Crippen molar-refractivity contribution in [3.63, 3.8) is 0 Å². The molecule has 1 aromatic heterocycles. The van der Waals surface area contributed by atoms with Gasteiger partial charge in [-0.25, -0.2) is 4.98 Å². The molecule has 0 radical (unpaired) electrons. The SMILES string of the molecule is CCNCc1csc(CCCOC)n1. The van der Waals surface area contributed by atoms with Crippen LogP contribution >= 0.6 is 11.3 Å². The summed E-state index contributed by atoms with van der Waals surface area (Å²) >= 11 is 1.74. The van der Waals surface area contributed by atoms with Gasteiger partial charge in [-0.1, -0.05) is 6.92 Å². The number of nitrogens with one attached hydrogen (secondary N) is 1. The summed E-state index contributed by atoms with van der Waals surface area (Å²) in [6, 6.07) is 0. The number of nitrogens with zero attached hydrogens (tertiary/aromatic N) is 1. The highest BCUT2D eigenvalue weighted by Crippen LogP contribution is 2.11. The van der Waals surface area contributed by atoms with E-state index in [9.17, 15) is 0 Å². The fraction of sp³-hybridized carbons (Fsp3) is 0.700. The van der Waals surface area contributed by atoms with Crippen molar-refractivity contribution in [1.29, 1.82) is 0 Å². The second-order valence-electron chi connectivity index (χ2n) is 3.11. The van der Waals surface area contributed by atoms with E-state index >= 15 is 0 Å². The van der Waals surface area contributed by atoms with Crippen LogP contribution in [0.15, 0.2) is 5.38 Å². The number of thiazole rings is 1. The lowest BCUT2D eigenvalue weighted by Crippen LogP contribution is -2.11. The maximum Gasteiger partial charge on any atom is 0.0929 e. The smallest absolute Gasteiger partial charge is 0.0929 e. The molecule has 3 nitrogen and oxygen atoms in total. The average molecular weight is 214 g/mol. The Morgan fingerprint density at radius 3 is 3.14 bits per heavy atom. The van der Waals surface area contributed by atoms with Crippen LogP contribution in [0.3, 0.4) is 0 Å². The highest BCUT2D eigenvalue weighted by molar-refractivity contribution is 7.09. The Morgan fingerprint density at radius 2 is 2.43 bits per heavy atom.